The van der Waals surface area contributed by atoms with Gasteiger partial charge in [-0.3, -0.25) is 9.59 Å². The van der Waals surface area contributed by atoms with Gasteiger partial charge in [0, 0.05) is 36.2 Å². The Kier molecular flexibility index (Phi) is 6.10. The molecule has 0 spiro atoms. The van der Waals surface area contributed by atoms with E-state index < -0.39 is 18.0 Å². The molecule has 1 aliphatic heterocycles. The van der Waals surface area contributed by atoms with Gasteiger partial charge in [0.1, 0.15) is 5.69 Å². The molecule has 0 radical (unpaired) electrons. The van der Waals surface area contributed by atoms with E-state index in [-0.39, 0.29) is 11.5 Å². The van der Waals surface area contributed by atoms with Crippen LogP contribution in [-0.4, -0.2) is 55.1 Å². The number of ether oxygens (including phenoxy) is 2. The van der Waals surface area contributed by atoms with Gasteiger partial charge in [0.15, 0.2) is 11.9 Å². The summed E-state index contributed by atoms with van der Waals surface area (Å²) in [5, 5.41) is 2.73. The lowest BCUT2D eigenvalue weighted by Gasteiger charge is -2.28. The van der Waals surface area contributed by atoms with Crippen molar-refractivity contribution in [2.45, 2.75) is 20.0 Å². The van der Waals surface area contributed by atoms with Gasteiger partial charge in [-0.05, 0) is 44.2 Å². The van der Waals surface area contributed by atoms with Crippen molar-refractivity contribution < 1.29 is 23.9 Å². The van der Waals surface area contributed by atoms with Gasteiger partial charge in [0.05, 0.1) is 13.2 Å². The number of carbonyl (C=O) groups is 3. The largest absolute Gasteiger partial charge is 0.448 e. The van der Waals surface area contributed by atoms with E-state index in [0.717, 1.165) is 18.8 Å². The van der Waals surface area contributed by atoms with E-state index in [9.17, 15) is 14.4 Å². The van der Waals surface area contributed by atoms with Crippen molar-refractivity contribution in [2.75, 3.05) is 36.5 Å². The topological polar surface area (TPSA) is 101 Å². The molecule has 8 nitrogen and oxygen atoms in total. The SMILES string of the molecule is CC(=O)c1c[nH]c(C(=O)O[C@H](C)C(=O)Nc2ccc(N3CCOCC3)cc2)c1. The number of hydrogen-bond acceptors (Lipinski definition) is 6. The number of carbonyl (C=O) groups excluding carboxylic acids is 3. The van der Waals surface area contributed by atoms with Crippen molar-refractivity contribution in [2.24, 2.45) is 0 Å². The number of benzene rings is 1. The van der Waals surface area contributed by atoms with E-state index in [2.05, 4.69) is 15.2 Å². The van der Waals surface area contributed by atoms with Crippen molar-refractivity contribution in [3.8, 4) is 0 Å². The monoisotopic (exact) mass is 385 g/mol. The summed E-state index contributed by atoms with van der Waals surface area (Å²) in [6.45, 7) is 5.97. The van der Waals surface area contributed by atoms with Crippen LogP contribution in [0.15, 0.2) is 36.5 Å². The van der Waals surface area contributed by atoms with E-state index in [1.807, 2.05) is 12.1 Å². The van der Waals surface area contributed by atoms with E-state index in [1.54, 1.807) is 12.1 Å². The Labute approximate surface area is 162 Å². The summed E-state index contributed by atoms with van der Waals surface area (Å²) in [5.74, 6) is -1.30. The molecule has 1 fully saturated rings. The van der Waals surface area contributed by atoms with E-state index >= 15 is 0 Å². The first kappa shape index (κ1) is 19.6. The van der Waals surface area contributed by atoms with Crippen LogP contribution in [0.3, 0.4) is 0 Å². The summed E-state index contributed by atoms with van der Waals surface area (Å²) >= 11 is 0. The van der Waals surface area contributed by atoms with Gasteiger partial charge in [-0.25, -0.2) is 4.79 Å². The first-order valence-electron chi connectivity index (χ1n) is 9.08. The zero-order valence-electron chi connectivity index (χ0n) is 15.9. The number of aromatic nitrogens is 1. The zero-order chi connectivity index (χ0) is 20.1. The maximum atomic E-state index is 12.3. The first-order chi connectivity index (χ1) is 13.4. The number of Topliss-reactive ketones (excluding diaryl/α,β-unsaturated/α-hetero) is 1. The van der Waals surface area contributed by atoms with Gasteiger partial charge in [-0.2, -0.15) is 0 Å². The number of ketones is 1. The van der Waals surface area contributed by atoms with Crippen LogP contribution in [0.25, 0.3) is 0 Å². The van der Waals surface area contributed by atoms with Crippen LogP contribution in [0.4, 0.5) is 11.4 Å². The minimum Gasteiger partial charge on any atom is -0.448 e. The molecule has 1 saturated heterocycles. The minimum atomic E-state index is -0.990. The maximum absolute atomic E-state index is 12.3. The lowest BCUT2D eigenvalue weighted by atomic mass is 10.2. The number of H-pyrrole nitrogens is 1. The number of esters is 1. The molecule has 1 atom stereocenters. The van der Waals surface area contributed by atoms with Crippen LogP contribution in [-0.2, 0) is 14.3 Å². The van der Waals surface area contributed by atoms with E-state index in [4.69, 9.17) is 9.47 Å². The van der Waals surface area contributed by atoms with Crippen molar-refractivity contribution in [3.63, 3.8) is 0 Å². The number of aromatic amines is 1. The third-order valence-corrected chi connectivity index (χ3v) is 4.47. The highest BCUT2D eigenvalue weighted by Gasteiger charge is 2.21. The molecule has 2 aromatic rings. The Balaban J connectivity index is 1.54. The molecule has 0 unspecified atom stereocenters. The molecule has 1 aromatic carbocycles. The molecule has 148 valence electrons. The molecule has 8 heteroatoms. The molecule has 28 heavy (non-hydrogen) atoms. The number of amides is 1. The van der Waals surface area contributed by atoms with Gasteiger partial charge in [0.25, 0.3) is 5.91 Å². The highest BCUT2D eigenvalue weighted by Crippen LogP contribution is 2.19. The van der Waals surface area contributed by atoms with Crippen molar-refractivity contribution in [1.82, 2.24) is 4.98 Å². The fourth-order valence-electron chi connectivity index (χ4n) is 2.81. The summed E-state index contributed by atoms with van der Waals surface area (Å²) in [7, 11) is 0. The molecule has 1 aliphatic rings. The van der Waals surface area contributed by atoms with Crippen molar-refractivity contribution >= 4 is 29.0 Å². The Morgan fingerprint density at radius 2 is 1.86 bits per heavy atom. The Morgan fingerprint density at radius 1 is 1.18 bits per heavy atom. The Bertz CT molecular complexity index is 853. The first-order valence-corrected chi connectivity index (χ1v) is 9.08. The standard InChI is InChI=1S/C20H23N3O5/c1-13(24)15-11-18(21-12-15)20(26)28-14(2)19(25)22-16-3-5-17(6-4-16)23-7-9-27-10-8-23/h3-6,11-12,14,21H,7-10H2,1-2H3,(H,22,25)/t14-/m1/s1. The number of nitrogens with one attached hydrogen (secondary N) is 2. The highest BCUT2D eigenvalue weighted by molar-refractivity contribution is 5.99. The summed E-state index contributed by atoms with van der Waals surface area (Å²) in [6.07, 6.45) is 0.440. The second-order valence-corrected chi connectivity index (χ2v) is 6.54. The quantitative estimate of drug-likeness (QED) is 0.584. The summed E-state index contributed by atoms with van der Waals surface area (Å²) in [6, 6.07) is 8.88. The maximum Gasteiger partial charge on any atom is 0.355 e. The molecule has 0 bridgehead atoms. The summed E-state index contributed by atoms with van der Waals surface area (Å²) < 4.78 is 10.5. The number of rotatable bonds is 6. The highest BCUT2D eigenvalue weighted by atomic mass is 16.5. The molecule has 0 saturated carbocycles. The van der Waals surface area contributed by atoms with Gasteiger partial charge in [-0.1, -0.05) is 0 Å². The summed E-state index contributed by atoms with van der Waals surface area (Å²) in [4.78, 5) is 40.6. The van der Waals surface area contributed by atoms with Crippen molar-refractivity contribution in [3.05, 3.63) is 47.8 Å². The normalized spacial score (nSPS) is 15.0. The molecule has 1 amide bonds. The van der Waals surface area contributed by atoms with E-state index in [0.29, 0.717) is 24.5 Å². The lowest BCUT2D eigenvalue weighted by molar-refractivity contribution is -0.123. The predicted octanol–water partition coefficient (Wildman–Crippen LogP) is 2.24. The van der Waals surface area contributed by atoms with Crippen molar-refractivity contribution in [1.29, 1.82) is 0 Å². The minimum absolute atomic E-state index is 0.125. The average molecular weight is 385 g/mol. The molecular weight excluding hydrogens is 362 g/mol. The number of anilines is 2. The smallest absolute Gasteiger partial charge is 0.355 e. The Morgan fingerprint density at radius 3 is 2.46 bits per heavy atom. The third-order valence-electron chi connectivity index (χ3n) is 4.47. The van der Waals surface area contributed by atoms with Gasteiger partial charge in [0.2, 0.25) is 0 Å². The van der Waals surface area contributed by atoms with Crippen LogP contribution in [0.5, 0.6) is 0 Å². The van der Waals surface area contributed by atoms with Gasteiger partial charge < -0.3 is 24.7 Å². The van der Waals surface area contributed by atoms with Crippen LogP contribution < -0.4 is 10.2 Å². The second kappa shape index (κ2) is 8.71. The zero-order valence-corrected chi connectivity index (χ0v) is 15.9. The molecule has 0 aliphatic carbocycles. The Hall–Kier alpha value is -3.13. The molecule has 1 aromatic heterocycles. The lowest BCUT2D eigenvalue weighted by Crippen LogP contribution is -2.36. The number of nitrogens with zero attached hydrogens (tertiary/aromatic N) is 1. The van der Waals surface area contributed by atoms with Crippen LogP contribution in [0.1, 0.15) is 34.7 Å². The third kappa shape index (κ3) is 4.77. The second-order valence-electron chi connectivity index (χ2n) is 6.54. The van der Waals surface area contributed by atoms with Crippen LogP contribution in [0.2, 0.25) is 0 Å². The van der Waals surface area contributed by atoms with Crippen LogP contribution >= 0.6 is 0 Å². The fourth-order valence-corrected chi connectivity index (χ4v) is 2.81. The molecular formula is C20H23N3O5. The van der Waals surface area contributed by atoms with E-state index in [1.165, 1.54) is 26.1 Å². The van der Waals surface area contributed by atoms with Gasteiger partial charge >= 0.3 is 5.97 Å². The number of hydrogen-bond donors (Lipinski definition) is 2. The summed E-state index contributed by atoms with van der Waals surface area (Å²) in [5.41, 5.74) is 2.18. The molecule has 2 heterocycles. The van der Waals surface area contributed by atoms with Gasteiger partial charge in [-0.15, -0.1) is 0 Å². The molecule has 2 N–H and O–H groups in total. The molecule has 3 rings (SSSR count). The van der Waals surface area contributed by atoms with Crippen LogP contribution in [0, 0.1) is 0 Å². The average Bonchev–Trinajstić information content (AvgIpc) is 3.20. The number of morpholine rings is 1. The predicted molar refractivity (Wildman–Crippen MR) is 104 cm³/mol. The fraction of sp³-hybridized carbons (Fsp3) is 0.350.